The van der Waals surface area contributed by atoms with Crippen LogP contribution in [0.5, 0.6) is 11.5 Å². The number of rotatable bonds is 13. The van der Waals surface area contributed by atoms with E-state index < -0.39 is 40.2 Å². The Morgan fingerprint density at radius 3 is 2.14 bits per heavy atom. The molecule has 1 unspecified atom stereocenters. The first-order valence-electron chi connectivity index (χ1n) is 13.5. The van der Waals surface area contributed by atoms with Gasteiger partial charge >= 0.3 is 0 Å². The van der Waals surface area contributed by atoms with E-state index in [2.05, 4.69) is 5.32 Å². The molecule has 0 spiro atoms. The molecule has 42 heavy (non-hydrogen) atoms. The Bertz CT molecular complexity index is 1480. The molecule has 0 aliphatic carbocycles. The largest absolute Gasteiger partial charge is 0.497 e. The Balaban J connectivity index is 2.10. The zero-order chi connectivity index (χ0) is 31.0. The van der Waals surface area contributed by atoms with Crippen molar-refractivity contribution in [3.63, 3.8) is 0 Å². The fourth-order valence-electron chi connectivity index (χ4n) is 4.16. The molecule has 0 fully saturated rings. The molecule has 0 heterocycles. The van der Waals surface area contributed by atoms with Crippen LogP contribution in [0, 0.1) is 18.7 Å². The number of nitrogens with zero attached hydrogens (tertiary/aromatic N) is 2. The van der Waals surface area contributed by atoms with Gasteiger partial charge < -0.3 is 19.7 Å². The van der Waals surface area contributed by atoms with Gasteiger partial charge in [-0.25, -0.2) is 12.8 Å². The molecule has 226 valence electrons. The number of hydrogen-bond donors (Lipinski definition) is 1. The number of ether oxygens (including phenoxy) is 2. The maximum Gasteiger partial charge on any atom is 0.264 e. The van der Waals surface area contributed by atoms with E-state index in [1.54, 1.807) is 31.2 Å². The molecule has 0 aromatic heterocycles. The van der Waals surface area contributed by atoms with Crippen LogP contribution in [0.15, 0.2) is 71.6 Å². The van der Waals surface area contributed by atoms with Crippen molar-refractivity contribution in [2.24, 2.45) is 5.92 Å². The van der Waals surface area contributed by atoms with Gasteiger partial charge in [-0.3, -0.25) is 13.9 Å². The van der Waals surface area contributed by atoms with Crippen LogP contribution in [-0.2, 0) is 26.2 Å². The number of hydrogen-bond acceptors (Lipinski definition) is 6. The van der Waals surface area contributed by atoms with Gasteiger partial charge in [0.25, 0.3) is 10.0 Å². The molecule has 3 aromatic carbocycles. The Morgan fingerprint density at radius 1 is 0.929 bits per heavy atom. The van der Waals surface area contributed by atoms with Crippen LogP contribution >= 0.6 is 0 Å². The highest BCUT2D eigenvalue weighted by Crippen LogP contribution is 2.36. The van der Waals surface area contributed by atoms with Gasteiger partial charge in [0.1, 0.15) is 29.9 Å². The third-order valence-corrected chi connectivity index (χ3v) is 8.43. The molecule has 0 bridgehead atoms. The number of benzene rings is 3. The first kappa shape index (κ1) is 32.4. The average Bonchev–Trinajstić information content (AvgIpc) is 2.97. The Morgan fingerprint density at radius 2 is 1.57 bits per heavy atom. The second kappa shape index (κ2) is 14.2. The number of methoxy groups -OCH3 is 2. The molecule has 0 radical (unpaired) electrons. The van der Waals surface area contributed by atoms with Crippen molar-refractivity contribution in [1.29, 1.82) is 0 Å². The van der Waals surface area contributed by atoms with Crippen LogP contribution < -0.4 is 19.1 Å². The smallest absolute Gasteiger partial charge is 0.264 e. The number of carbonyl (C=O) groups excluding carboxylic acids is 2. The first-order valence-corrected chi connectivity index (χ1v) is 14.9. The normalized spacial score (nSPS) is 12.0. The molecule has 11 heteroatoms. The van der Waals surface area contributed by atoms with Crippen molar-refractivity contribution >= 4 is 27.5 Å². The summed E-state index contributed by atoms with van der Waals surface area (Å²) in [5, 5.41) is 2.83. The van der Waals surface area contributed by atoms with Gasteiger partial charge in [0.2, 0.25) is 11.8 Å². The lowest BCUT2D eigenvalue weighted by atomic mass is 10.1. The van der Waals surface area contributed by atoms with E-state index in [1.807, 2.05) is 20.8 Å². The minimum absolute atomic E-state index is 0.0291. The minimum Gasteiger partial charge on any atom is -0.497 e. The Kier molecular flexibility index (Phi) is 10.9. The van der Waals surface area contributed by atoms with Crippen LogP contribution in [0.2, 0.25) is 0 Å². The van der Waals surface area contributed by atoms with Crippen molar-refractivity contribution in [1.82, 2.24) is 10.2 Å². The van der Waals surface area contributed by atoms with Gasteiger partial charge in [-0.15, -0.1) is 0 Å². The second-order valence-electron chi connectivity index (χ2n) is 10.3. The van der Waals surface area contributed by atoms with Gasteiger partial charge in [0.15, 0.2) is 0 Å². The van der Waals surface area contributed by atoms with Gasteiger partial charge in [-0.1, -0.05) is 43.7 Å². The summed E-state index contributed by atoms with van der Waals surface area (Å²) in [4.78, 5) is 28.4. The number of amides is 2. The third-order valence-electron chi connectivity index (χ3n) is 6.66. The van der Waals surface area contributed by atoms with Crippen molar-refractivity contribution in [2.75, 3.05) is 31.6 Å². The predicted octanol–water partition coefficient (Wildman–Crippen LogP) is 4.54. The topological polar surface area (TPSA) is 105 Å². The van der Waals surface area contributed by atoms with Gasteiger partial charge in [-0.2, -0.15) is 0 Å². The van der Waals surface area contributed by atoms with Crippen molar-refractivity contribution < 1.29 is 31.9 Å². The van der Waals surface area contributed by atoms with Crippen molar-refractivity contribution in [2.45, 2.75) is 45.2 Å². The Labute approximate surface area is 247 Å². The molecule has 0 saturated heterocycles. The maximum absolute atomic E-state index is 14.1. The average molecular weight is 600 g/mol. The number of anilines is 1. The zero-order valence-electron chi connectivity index (χ0n) is 24.8. The van der Waals surface area contributed by atoms with E-state index in [0.717, 1.165) is 9.87 Å². The van der Waals surface area contributed by atoms with E-state index in [1.165, 1.54) is 61.6 Å². The SMILES string of the molecule is COc1ccc(OC)c(N(CC(=O)N(Cc2ccc(F)cc2)C(C)C(=O)NCC(C)C)S(=O)(=O)c2ccc(C)cc2)c1. The summed E-state index contributed by atoms with van der Waals surface area (Å²) in [6, 6.07) is 15.5. The van der Waals surface area contributed by atoms with Gasteiger partial charge in [0.05, 0.1) is 24.8 Å². The molecule has 0 aliphatic rings. The molecule has 0 saturated carbocycles. The molecular formula is C31H38FN3O6S. The molecule has 1 atom stereocenters. The van der Waals surface area contributed by atoms with Gasteiger partial charge in [-0.05, 0) is 61.7 Å². The predicted molar refractivity (Wildman–Crippen MR) is 160 cm³/mol. The highest BCUT2D eigenvalue weighted by Gasteiger charge is 2.34. The zero-order valence-corrected chi connectivity index (χ0v) is 25.6. The summed E-state index contributed by atoms with van der Waals surface area (Å²) in [5.74, 6) is -0.755. The van der Waals surface area contributed by atoms with Crippen molar-refractivity contribution in [3.8, 4) is 11.5 Å². The standard InChI is InChI=1S/C31H38FN3O6S/c1-21(2)18-33-31(37)23(4)34(19-24-9-11-25(32)12-10-24)30(36)20-35(28-17-26(40-5)13-16-29(28)41-6)42(38,39)27-14-7-22(3)8-15-27/h7-17,21,23H,18-20H2,1-6H3,(H,33,37). The number of carbonyl (C=O) groups is 2. The molecule has 0 aliphatic heterocycles. The van der Waals surface area contributed by atoms with E-state index in [-0.39, 0.29) is 28.8 Å². The maximum atomic E-state index is 14.1. The van der Waals surface area contributed by atoms with E-state index in [9.17, 15) is 22.4 Å². The fourth-order valence-corrected chi connectivity index (χ4v) is 5.58. The van der Waals surface area contributed by atoms with Crippen LogP contribution in [-0.4, -0.2) is 58.5 Å². The number of sulfonamides is 1. The first-order chi connectivity index (χ1) is 19.9. The number of aryl methyl sites for hydroxylation is 1. The fraction of sp³-hybridized carbons (Fsp3) is 0.355. The molecular weight excluding hydrogens is 561 g/mol. The third kappa shape index (κ3) is 8.00. The highest BCUT2D eigenvalue weighted by molar-refractivity contribution is 7.92. The van der Waals surface area contributed by atoms with Crippen LogP contribution in [0.25, 0.3) is 0 Å². The summed E-state index contributed by atoms with van der Waals surface area (Å²) >= 11 is 0. The second-order valence-corrected chi connectivity index (χ2v) is 12.2. The minimum atomic E-state index is -4.30. The monoisotopic (exact) mass is 599 g/mol. The van der Waals surface area contributed by atoms with Crippen LogP contribution in [0.3, 0.4) is 0 Å². The Hall–Kier alpha value is -4.12. The van der Waals surface area contributed by atoms with E-state index >= 15 is 0 Å². The van der Waals surface area contributed by atoms with Crippen molar-refractivity contribution in [3.05, 3.63) is 83.7 Å². The summed E-state index contributed by atoms with van der Waals surface area (Å²) in [7, 11) is -1.47. The van der Waals surface area contributed by atoms with Crippen LogP contribution in [0.1, 0.15) is 31.9 Å². The van der Waals surface area contributed by atoms with E-state index in [0.29, 0.717) is 17.9 Å². The summed E-state index contributed by atoms with van der Waals surface area (Å²) in [6.45, 7) is 7.00. The molecule has 3 rings (SSSR count). The highest BCUT2D eigenvalue weighted by atomic mass is 32.2. The number of nitrogens with one attached hydrogen (secondary N) is 1. The van der Waals surface area contributed by atoms with E-state index in [4.69, 9.17) is 9.47 Å². The van der Waals surface area contributed by atoms with Crippen LogP contribution in [0.4, 0.5) is 10.1 Å². The number of halogens is 1. The molecule has 3 aromatic rings. The van der Waals surface area contributed by atoms with Gasteiger partial charge in [0, 0.05) is 19.2 Å². The lowest BCUT2D eigenvalue weighted by Crippen LogP contribution is -2.51. The molecule has 2 amide bonds. The lowest BCUT2D eigenvalue weighted by molar-refractivity contribution is -0.139. The summed E-state index contributed by atoms with van der Waals surface area (Å²) in [6.07, 6.45) is 0. The summed E-state index contributed by atoms with van der Waals surface area (Å²) < 4.78 is 53.6. The molecule has 9 nitrogen and oxygen atoms in total. The lowest BCUT2D eigenvalue weighted by Gasteiger charge is -2.32. The molecule has 1 N–H and O–H groups in total. The summed E-state index contributed by atoms with van der Waals surface area (Å²) in [5.41, 5.74) is 1.52. The quantitative estimate of drug-likeness (QED) is 0.310.